The van der Waals surface area contributed by atoms with Crippen LogP contribution in [-0.4, -0.2) is 22.6 Å². The lowest BCUT2D eigenvalue weighted by atomic mass is 10.1. The zero-order valence-corrected chi connectivity index (χ0v) is 12.7. The van der Waals surface area contributed by atoms with E-state index in [1.807, 2.05) is 6.92 Å². The van der Waals surface area contributed by atoms with Crippen molar-refractivity contribution in [1.82, 2.24) is 0 Å². The first-order chi connectivity index (χ1) is 7.80. The van der Waals surface area contributed by atoms with Gasteiger partial charge in [0, 0.05) is 16.2 Å². The molecule has 0 heterocycles. The van der Waals surface area contributed by atoms with Crippen LogP contribution in [0.1, 0.15) is 11.1 Å². The van der Waals surface area contributed by atoms with E-state index in [0.717, 1.165) is 5.56 Å². The van der Waals surface area contributed by atoms with Gasteiger partial charge in [-0.1, -0.05) is 0 Å². The highest BCUT2D eigenvalue weighted by molar-refractivity contribution is 9.10. The molecule has 0 aliphatic carbocycles. The standard InChI is InChI=1S/C10H12BrClO4S/c1-6-4-8(15-2)7(5-17(12,13)14)9(11)10(6)16-3/h4H,5H2,1-3H3. The third-order valence-corrected chi connectivity index (χ3v) is 4.01. The Kier molecular flexibility index (Phi) is 4.69. The summed E-state index contributed by atoms with van der Waals surface area (Å²) < 4.78 is 33.2. The molecule has 0 bridgehead atoms. The van der Waals surface area contributed by atoms with Gasteiger partial charge < -0.3 is 9.47 Å². The lowest BCUT2D eigenvalue weighted by molar-refractivity contribution is 0.395. The van der Waals surface area contributed by atoms with Crippen LogP contribution in [0, 0.1) is 6.92 Å². The fourth-order valence-corrected chi connectivity index (χ4v) is 3.46. The zero-order chi connectivity index (χ0) is 13.2. The average molecular weight is 344 g/mol. The third kappa shape index (κ3) is 3.50. The average Bonchev–Trinajstić information content (AvgIpc) is 2.21. The number of aryl methyl sites for hydroxylation is 1. The van der Waals surface area contributed by atoms with Gasteiger partial charge in [0.15, 0.2) is 0 Å². The van der Waals surface area contributed by atoms with Crippen LogP contribution >= 0.6 is 26.6 Å². The number of rotatable bonds is 4. The highest BCUT2D eigenvalue weighted by atomic mass is 79.9. The number of ether oxygens (including phenoxy) is 2. The summed E-state index contributed by atoms with van der Waals surface area (Å²) in [5.41, 5.74) is 1.29. The van der Waals surface area contributed by atoms with Gasteiger partial charge in [-0.15, -0.1) is 0 Å². The topological polar surface area (TPSA) is 52.6 Å². The van der Waals surface area contributed by atoms with E-state index in [2.05, 4.69) is 15.9 Å². The maximum absolute atomic E-state index is 11.2. The molecule has 7 heteroatoms. The van der Waals surface area contributed by atoms with Crippen molar-refractivity contribution < 1.29 is 17.9 Å². The largest absolute Gasteiger partial charge is 0.496 e. The molecule has 1 rings (SSSR count). The summed E-state index contributed by atoms with van der Waals surface area (Å²) >= 11 is 3.31. The second-order valence-corrected chi connectivity index (χ2v) is 6.97. The number of hydrogen-bond donors (Lipinski definition) is 0. The Labute approximate surface area is 113 Å². The molecule has 0 saturated heterocycles. The maximum atomic E-state index is 11.2. The molecule has 0 spiro atoms. The minimum Gasteiger partial charge on any atom is -0.496 e. The normalized spacial score (nSPS) is 11.4. The maximum Gasteiger partial charge on any atom is 0.236 e. The smallest absolute Gasteiger partial charge is 0.236 e. The molecule has 0 aromatic heterocycles. The zero-order valence-electron chi connectivity index (χ0n) is 9.58. The monoisotopic (exact) mass is 342 g/mol. The van der Waals surface area contributed by atoms with E-state index >= 15 is 0 Å². The molecule has 0 amide bonds. The van der Waals surface area contributed by atoms with E-state index in [0.29, 0.717) is 21.5 Å². The van der Waals surface area contributed by atoms with E-state index in [-0.39, 0.29) is 5.75 Å². The fourth-order valence-electron chi connectivity index (χ4n) is 1.51. The Morgan fingerprint density at radius 2 is 1.94 bits per heavy atom. The minimum absolute atomic E-state index is 0.324. The summed E-state index contributed by atoms with van der Waals surface area (Å²) in [5, 5.41) is 0. The summed E-state index contributed by atoms with van der Waals surface area (Å²) in [5.74, 6) is 0.704. The van der Waals surface area contributed by atoms with Crippen LogP contribution in [0.4, 0.5) is 0 Å². The fraction of sp³-hybridized carbons (Fsp3) is 0.400. The molecule has 17 heavy (non-hydrogen) atoms. The first kappa shape index (κ1) is 14.6. The Hall–Kier alpha value is -0.460. The van der Waals surface area contributed by atoms with E-state index in [9.17, 15) is 8.42 Å². The SMILES string of the molecule is COc1cc(C)c(OC)c(Br)c1CS(=O)(=O)Cl. The minimum atomic E-state index is -3.66. The van der Waals surface area contributed by atoms with Crippen molar-refractivity contribution >= 4 is 35.7 Å². The summed E-state index contributed by atoms with van der Waals surface area (Å²) in [4.78, 5) is 0. The highest BCUT2D eigenvalue weighted by Crippen LogP contribution is 2.39. The first-order valence-corrected chi connectivity index (χ1v) is 7.89. The van der Waals surface area contributed by atoms with Crippen molar-refractivity contribution in [3.63, 3.8) is 0 Å². The van der Waals surface area contributed by atoms with Crippen LogP contribution < -0.4 is 9.47 Å². The van der Waals surface area contributed by atoms with Gasteiger partial charge in [0.2, 0.25) is 9.05 Å². The summed E-state index contributed by atoms with van der Waals surface area (Å²) in [6, 6.07) is 1.71. The lowest BCUT2D eigenvalue weighted by Gasteiger charge is -2.15. The molecule has 0 aliphatic heterocycles. The molecule has 96 valence electrons. The third-order valence-electron chi connectivity index (χ3n) is 2.21. The van der Waals surface area contributed by atoms with Gasteiger partial charge in [0.05, 0.1) is 24.4 Å². The lowest BCUT2D eigenvalue weighted by Crippen LogP contribution is -2.02. The van der Waals surface area contributed by atoms with Crippen LogP contribution in [0.3, 0.4) is 0 Å². The van der Waals surface area contributed by atoms with Crippen LogP contribution in [0.25, 0.3) is 0 Å². The molecule has 0 aliphatic rings. The second-order valence-electron chi connectivity index (χ2n) is 3.40. The van der Waals surface area contributed by atoms with Crippen molar-refractivity contribution in [2.75, 3.05) is 14.2 Å². The molecular weight excluding hydrogens is 332 g/mol. The van der Waals surface area contributed by atoms with Crippen molar-refractivity contribution in [3.05, 3.63) is 21.7 Å². The van der Waals surface area contributed by atoms with Crippen molar-refractivity contribution in [2.45, 2.75) is 12.7 Å². The Balaban J connectivity index is 3.45. The molecule has 1 aromatic rings. The number of hydrogen-bond acceptors (Lipinski definition) is 4. The summed E-state index contributed by atoms with van der Waals surface area (Å²) in [6.07, 6.45) is 0. The molecule has 4 nitrogen and oxygen atoms in total. The van der Waals surface area contributed by atoms with E-state index in [4.69, 9.17) is 20.2 Å². The van der Waals surface area contributed by atoms with E-state index in [1.54, 1.807) is 6.07 Å². The van der Waals surface area contributed by atoms with Crippen molar-refractivity contribution in [1.29, 1.82) is 0 Å². The van der Waals surface area contributed by atoms with Crippen LogP contribution in [0.2, 0.25) is 0 Å². The molecule has 0 atom stereocenters. The molecule has 0 saturated carbocycles. The molecule has 0 fully saturated rings. The Morgan fingerprint density at radius 1 is 1.35 bits per heavy atom. The van der Waals surface area contributed by atoms with Crippen LogP contribution in [0.15, 0.2) is 10.5 Å². The van der Waals surface area contributed by atoms with Crippen LogP contribution in [0.5, 0.6) is 11.5 Å². The van der Waals surface area contributed by atoms with Gasteiger partial charge in [-0.05, 0) is 34.5 Å². The molecule has 0 N–H and O–H groups in total. The van der Waals surface area contributed by atoms with Gasteiger partial charge in [-0.3, -0.25) is 0 Å². The molecular formula is C10H12BrClO4S. The highest BCUT2D eigenvalue weighted by Gasteiger charge is 2.20. The number of methoxy groups -OCH3 is 2. The van der Waals surface area contributed by atoms with Gasteiger partial charge in [-0.2, -0.15) is 0 Å². The molecule has 0 unspecified atom stereocenters. The second kappa shape index (κ2) is 5.46. The van der Waals surface area contributed by atoms with Gasteiger partial charge in [0.25, 0.3) is 0 Å². The Bertz CT molecular complexity index is 528. The van der Waals surface area contributed by atoms with E-state index < -0.39 is 9.05 Å². The van der Waals surface area contributed by atoms with Gasteiger partial charge >= 0.3 is 0 Å². The van der Waals surface area contributed by atoms with Crippen molar-refractivity contribution in [2.24, 2.45) is 0 Å². The number of benzene rings is 1. The predicted molar refractivity (Wildman–Crippen MR) is 70.5 cm³/mol. The van der Waals surface area contributed by atoms with Gasteiger partial charge in [-0.25, -0.2) is 8.42 Å². The molecule has 0 radical (unpaired) electrons. The quantitative estimate of drug-likeness (QED) is 0.789. The predicted octanol–water partition coefficient (Wildman–Crippen LogP) is 2.84. The summed E-state index contributed by atoms with van der Waals surface area (Å²) in [7, 11) is 4.58. The van der Waals surface area contributed by atoms with Gasteiger partial charge in [0.1, 0.15) is 11.5 Å². The Morgan fingerprint density at radius 3 is 2.35 bits per heavy atom. The molecule has 1 aromatic carbocycles. The summed E-state index contributed by atoms with van der Waals surface area (Å²) in [6.45, 7) is 1.84. The number of halogens is 2. The van der Waals surface area contributed by atoms with Crippen molar-refractivity contribution in [3.8, 4) is 11.5 Å². The van der Waals surface area contributed by atoms with E-state index in [1.165, 1.54) is 14.2 Å². The first-order valence-electron chi connectivity index (χ1n) is 4.62. The van der Waals surface area contributed by atoms with Crippen LogP contribution in [-0.2, 0) is 14.8 Å².